The van der Waals surface area contributed by atoms with Gasteiger partial charge >= 0.3 is 0 Å². The molecule has 2 aromatic carbocycles. The zero-order chi connectivity index (χ0) is 17.6. The van der Waals surface area contributed by atoms with E-state index in [-0.39, 0.29) is 24.5 Å². The SMILES string of the molecule is COc1cccc(NC(=O)CCCS(=O)(=O)c2ccc(C)cc2)c1. The molecule has 24 heavy (non-hydrogen) atoms. The molecule has 6 heteroatoms. The van der Waals surface area contributed by atoms with Crippen LogP contribution in [0.3, 0.4) is 0 Å². The van der Waals surface area contributed by atoms with Gasteiger partial charge in [-0.25, -0.2) is 8.42 Å². The molecule has 0 saturated heterocycles. The summed E-state index contributed by atoms with van der Waals surface area (Å²) in [5.41, 5.74) is 1.63. The summed E-state index contributed by atoms with van der Waals surface area (Å²) in [4.78, 5) is 12.2. The van der Waals surface area contributed by atoms with Crippen molar-refractivity contribution in [1.82, 2.24) is 0 Å². The minimum atomic E-state index is -3.36. The van der Waals surface area contributed by atoms with Gasteiger partial charge in [-0.15, -0.1) is 0 Å². The van der Waals surface area contributed by atoms with Crippen LogP contribution in [0.5, 0.6) is 5.75 Å². The first-order valence-electron chi connectivity index (χ1n) is 7.64. The van der Waals surface area contributed by atoms with E-state index in [0.717, 1.165) is 5.56 Å². The second-order valence-electron chi connectivity index (χ2n) is 5.52. The summed E-state index contributed by atoms with van der Waals surface area (Å²) in [5.74, 6) is 0.374. The summed E-state index contributed by atoms with van der Waals surface area (Å²) >= 11 is 0. The maximum atomic E-state index is 12.2. The monoisotopic (exact) mass is 347 g/mol. The predicted molar refractivity (Wildman–Crippen MR) is 94.1 cm³/mol. The number of amides is 1. The molecule has 0 spiro atoms. The van der Waals surface area contributed by atoms with Gasteiger partial charge in [-0.3, -0.25) is 4.79 Å². The fraction of sp³-hybridized carbons (Fsp3) is 0.278. The minimum absolute atomic E-state index is 0.0540. The van der Waals surface area contributed by atoms with E-state index >= 15 is 0 Å². The Morgan fingerprint density at radius 1 is 1.12 bits per heavy atom. The van der Waals surface area contributed by atoms with Crippen molar-refractivity contribution in [3.8, 4) is 5.75 Å². The van der Waals surface area contributed by atoms with Crippen molar-refractivity contribution in [1.29, 1.82) is 0 Å². The summed E-state index contributed by atoms with van der Waals surface area (Å²) < 4.78 is 29.5. The van der Waals surface area contributed by atoms with Crippen LogP contribution in [0, 0.1) is 6.92 Å². The van der Waals surface area contributed by atoms with Crippen LogP contribution in [0.15, 0.2) is 53.4 Å². The molecule has 0 heterocycles. The molecule has 0 unspecified atom stereocenters. The smallest absolute Gasteiger partial charge is 0.224 e. The quantitative estimate of drug-likeness (QED) is 0.835. The Kier molecular flexibility index (Phi) is 5.98. The summed E-state index contributed by atoms with van der Waals surface area (Å²) in [7, 11) is -1.80. The van der Waals surface area contributed by atoms with Crippen LogP contribution < -0.4 is 10.1 Å². The molecule has 2 aromatic rings. The van der Waals surface area contributed by atoms with E-state index in [0.29, 0.717) is 16.3 Å². The largest absolute Gasteiger partial charge is 0.497 e. The lowest BCUT2D eigenvalue weighted by Crippen LogP contribution is -2.14. The van der Waals surface area contributed by atoms with Crippen molar-refractivity contribution in [3.05, 3.63) is 54.1 Å². The third-order valence-corrected chi connectivity index (χ3v) is 5.37. The van der Waals surface area contributed by atoms with Crippen LogP contribution in [0.2, 0.25) is 0 Å². The van der Waals surface area contributed by atoms with Crippen LogP contribution in [-0.2, 0) is 14.6 Å². The average molecular weight is 347 g/mol. The van der Waals surface area contributed by atoms with Crippen molar-refractivity contribution in [3.63, 3.8) is 0 Å². The van der Waals surface area contributed by atoms with Gasteiger partial charge in [0.1, 0.15) is 5.75 Å². The summed E-state index contributed by atoms with van der Waals surface area (Å²) in [6.07, 6.45) is 0.411. The molecule has 1 amide bonds. The Labute approximate surface area is 142 Å². The van der Waals surface area contributed by atoms with Gasteiger partial charge in [0.05, 0.1) is 17.8 Å². The van der Waals surface area contributed by atoms with Gasteiger partial charge in [0.15, 0.2) is 9.84 Å². The Morgan fingerprint density at radius 2 is 1.83 bits per heavy atom. The van der Waals surface area contributed by atoms with Gasteiger partial charge in [-0.2, -0.15) is 0 Å². The van der Waals surface area contributed by atoms with Crippen LogP contribution in [0.25, 0.3) is 0 Å². The van der Waals surface area contributed by atoms with E-state index in [4.69, 9.17) is 4.74 Å². The molecular formula is C18H21NO4S. The molecule has 0 fully saturated rings. The standard InChI is InChI=1S/C18H21NO4S/c1-14-8-10-17(11-9-14)24(21,22)12-4-7-18(20)19-15-5-3-6-16(13-15)23-2/h3,5-6,8-11,13H,4,7,12H2,1-2H3,(H,19,20). The summed E-state index contributed by atoms with van der Waals surface area (Å²) in [6.45, 7) is 1.90. The lowest BCUT2D eigenvalue weighted by atomic mass is 10.2. The van der Waals surface area contributed by atoms with Crippen molar-refractivity contribution in [2.75, 3.05) is 18.2 Å². The number of benzene rings is 2. The number of aryl methyl sites for hydroxylation is 1. The normalized spacial score (nSPS) is 11.1. The predicted octanol–water partition coefficient (Wildman–Crippen LogP) is 3.20. The molecule has 2 rings (SSSR count). The zero-order valence-corrected chi connectivity index (χ0v) is 14.6. The van der Waals surface area contributed by atoms with E-state index in [2.05, 4.69) is 5.32 Å². The Bertz CT molecular complexity index is 798. The van der Waals surface area contributed by atoms with Gasteiger partial charge in [0.2, 0.25) is 5.91 Å². The number of rotatable bonds is 7. The van der Waals surface area contributed by atoms with E-state index in [1.54, 1.807) is 55.6 Å². The first-order valence-corrected chi connectivity index (χ1v) is 9.29. The number of hydrogen-bond donors (Lipinski definition) is 1. The lowest BCUT2D eigenvalue weighted by Gasteiger charge is -2.07. The number of sulfone groups is 1. The molecule has 0 aromatic heterocycles. The van der Waals surface area contributed by atoms with Crippen LogP contribution in [0.4, 0.5) is 5.69 Å². The number of ether oxygens (including phenoxy) is 1. The van der Waals surface area contributed by atoms with Gasteiger partial charge in [-0.1, -0.05) is 23.8 Å². The number of anilines is 1. The number of carbonyl (C=O) groups excluding carboxylic acids is 1. The summed E-state index contributed by atoms with van der Waals surface area (Å²) in [5, 5.41) is 2.74. The molecule has 128 valence electrons. The second kappa shape index (κ2) is 7.97. The first-order chi connectivity index (χ1) is 11.4. The molecule has 0 atom stereocenters. The highest BCUT2D eigenvalue weighted by Gasteiger charge is 2.14. The van der Waals surface area contributed by atoms with Crippen LogP contribution >= 0.6 is 0 Å². The van der Waals surface area contributed by atoms with Crippen LogP contribution in [-0.4, -0.2) is 27.2 Å². The number of nitrogens with one attached hydrogen (secondary N) is 1. The Hall–Kier alpha value is -2.34. The third-order valence-electron chi connectivity index (χ3n) is 3.55. The maximum Gasteiger partial charge on any atom is 0.224 e. The fourth-order valence-corrected chi connectivity index (χ4v) is 3.52. The van der Waals surface area contributed by atoms with Gasteiger partial charge in [0, 0.05) is 18.2 Å². The average Bonchev–Trinajstić information content (AvgIpc) is 2.55. The van der Waals surface area contributed by atoms with Crippen molar-refractivity contribution in [2.45, 2.75) is 24.7 Å². The van der Waals surface area contributed by atoms with Gasteiger partial charge in [0.25, 0.3) is 0 Å². The Balaban J connectivity index is 1.86. The van der Waals surface area contributed by atoms with Crippen molar-refractivity contribution < 1.29 is 17.9 Å². The lowest BCUT2D eigenvalue weighted by molar-refractivity contribution is -0.116. The van der Waals surface area contributed by atoms with Gasteiger partial charge in [-0.05, 0) is 37.6 Å². The van der Waals surface area contributed by atoms with Crippen LogP contribution in [0.1, 0.15) is 18.4 Å². The highest BCUT2D eigenvalue weighted by atomic mass is 32.2. The first kappa shape index (κ1) is 18.0. The fourth-order valence-electron chi connectivity index (χ4n) is 2.21. The molecule has 0 bridgehead atoms. The highest BCUT2D eigenvalue weighted by Crippen LogP contribution is 2.17. The second-order valence-corrected chi connectivity index (χ2v) is 7.62. The number of hydrogen-bond acceptors (Lipinski definition) is 4. The Morgan fingerprint density at radius 3 is 2.50 bits per heavy atom. The van der Waals surface area contributed by atoms with Gasteiger partial charge < -0.3 is 10.1 Å². The molecule has 0 aliphatic rings. The van der Waals surface area contributed by atoms with E-state index in [1.807, 2.05) is 6.92 Å². The molecule has 1 N–H and O–H groups in total. The molecule has 0 radical (unpaired) electrons. The minimum Gasteiger partial charge on any atom is -0.497 e. The highest BCUT2D eigenvalue weighted by molar-refractivity contribution is 7.91. The third kappa shape index (κ3) is 5.09. The molecule has 0 aliphatic heterocycles. The number of carbonyl (C=O) groups is 1. The summed E-state index contributed by atoms with van der Waals surface area (Å²) in [6, 6.07) is 13.7. The molecule has 0 saturated carbocycles. The molecular weight excluding hydrogens is 326 g/mol. The maximum absolute atomic E-state index is 12.2. The van der Waals surface area contributed by atoms with Crippen molar-refractivity contribution >= 4 is 21.4 Å². The van der Waals surface area contributed by atoms with E-state index in [9.17, 15) is 13.2 Å². The molecule has 5 nitrogen and oxygen atoms in total. The molecule has 0 aliphatic carbocycles. The topological polar surface area (TPSA) is 72.5 Å². The zero-order valence-electron chi connectivity index (χ0n) is 13.8. The van der Waals surface area contributed by atoms with E-state index in [1.165, 1.54) is 0 Å². The van der Waals surface area contributed by atoms with Crippen molar-refractivity contribution in [2.24, 2.45) is 0 Å². The number of methoxy groups -OCH3 is 1. The van der Waals surface area contributed by atoms with E-state index < -0.39 is 9.84 Å².